The lowest BCUT2D eigenvalue weighted by Crippen LogP contribution is -2.15. The fourth-order valence-corrected chi connectivity index (χ4v) is 3.73. The molecule has 0 bridgehead atoms. The number of aromatic nitrogens is 5. The van der Waals surface area contributed by atoms with Crippen molar-refractivity contribution in [1.29, 1.82) is 0 Å². The lowest BCUT2D eigenvalue weighted by Gasteiger charge is -2.12. The van der Waals surface area contributed by atoms with Crippen molar-refractivity contribution in [2.45, 2.75) is 19.5 Å². The Kier molecular flexibility index (Phi) is 7.79. The molecule has 0 unspecified atom stereocenters. The fraction of sp³-hybridized carbons (Fsp3) is 0.111. The van der Waals surface area contributed by atoms with Crippen molar-refractivity contribution in [1.82, 2.24) is 24.8 Å². The van der Waals surface area contributed by atoms with Gasteiger partial charge in [-0.25, -0.2) is 9.36 Å². The van der Waals surface area contributed by atoms with Gasteiger partial charge in [-0.15, -0.1) is 5.10 Å². The SMILES string of the molecule is CCc1cnn(-c2ccc(-n3cc(-c4ccc(Oc5ccccc5)cc4)nn3)cc2)c1C(F)(F)F.O=C=O. The van der Waals surface area contributed by atoms with E-state index in [0.717, 1.165) is 16.0 Å². The lowest BCUT2D eigenvalue weighted by atomic mass is 10.1. The third-order valence-corrected chi connectivity index (χ3v) is 5.48. The third kappa shape index (κ3) is 5.85. The van der Waals surface area contributed by atoms with Crippen molar-refractivity contribution in [2.75, 3.05) is 0 Å². The number of aryl methyl sites for hydroxylation is 1. The monoisotopic (exact) mass is 519 g/mol. The highest BCUT2D eigenvalue weighted by Crippen LogP contribution is 2.34. The molecule has 0 aliphatic heterocycles. The van der Waals surface area contributed by atoms with Crippen LogP contribution in [0.4, 0.5) is 13.2 Å². The highest BCUT2D eigenvalue weighted by Gasteiger charge is 2.38. The van der Waals surface area contributed by atoms with E-state index in [1.807, 2.05) is 54.6 Å². The lowest BCUT2D eigenvalue weighted by molar-refractivity contribution is -0.191. The van der Waals surface area contributed by atoms with Crippen LogP contribution >= 0.6 is 0 Å². The molecule has 5 rings (SSSR count). The quantitative estimate of drug-likeness (QED) is 0.277. The van der Waals surface area contributed by atoms with Gasteiger partial charge in [0, 0.05) is 11.1 Å². The number of nitrogens with zero attached hydrogens (tertiary/aromatic N) is 5. The Morgan fingerprint density at radius 1 is 0.868 bits per heavy atom. The summed E-state index contributed by atoms with van der Waals surface area (Å²) in [6.45, 7) is 1.67. The van der Waals surface area contributed by atoms with Crippen LogP contribution in [-0.4, -0.2) is 30.9 Å². The molecule has 192 valence electrons. The standard InChI is InChI=1S/C26H20F3N5O.CO2/c1-2-18-16-30-34(25(18)26(27,28)29)21-12-10-20(11-13-21)33-17-24(31-32-33)19-8-14-23(15-9-19)35-22-6-4-3-5-7-22;2-1-3/h3-17H,2H2,1H3;. The number of hydrogen-bond donors (Lipinski definition) is 0. The molecule has 2 aromatic heterocycles. The van der Waals surface area contributed by atoms with Gasteiger partial charge < -0.3 is 4.74 Å². The minimum atomic E-state index is -4.50. The van der Waals surface area contributed by atoms with Crippen molar-refractivity contribution in [3.05, 3.63) is 103 Å². The Morgan fingerprint density at radius 3 is 2.08 bits per heavy atom. The van der Waals surface area contributed by atoms with Crippen LogP contribution in [-0.2, 0) is 22.2 Å². The van der Waals surface area contributed by atoms with E-state index in [4.69, 9.17) is 14.3 Å². The first kappa shape index (κ1) is 26.1. The zero-order chi connectivity index (χ0) is 27.1. The number of rotatable bonds is 6. The molecule has 0 amide bonds. The number of halogens is 3. The Balaban J connectivity index is 0.00000107. The Hall–Kier alpha value is -5.02. The molecular formula is C27H20F3N5O3. The maximum atomic E-state index is 13.6. The summed E-state index contributed by atoms with van der Waals surface area (Å²) >= 11 is 0. The van der Waals surface area contributed by atoms with Crippen LogP contribution in [0, 0.1) is 0 Å². The first-order chi connectivity index (χ1) is 18.3. The van der Waals surface area contributed by atoms with Gasteiger partial charge in [-0.3, -0.25) is 0 Å². The number of hydrogen-bond acceptors (Lipinski definition) is 6. The molecule has 0 saturated carbocycles. The average Bonchev–Trinajstić information content (AvgIpc) is 3.58. The first-order valence-corrected chi connectivity index (χ1v) is 11.3. The Labute approximate surface area is 214 Å². The summed E-state index contributed by atoms with van der Waals surface area (Å²) < 4.78 is 49.0. The van der Waals surface area contributed by atoms with Crippen LogP contribution in [0.1, 0.15) is 18.2 Å². The summed E-state index contributed by atoms with van der Waals surface area (Å²) in [7, 11) is 0. The number of alkyl halides is 3. The van der Waals surface area contributed by atoms with E-state index >= 15 is 0 Å². The van der Waals surface area contributed by atoms with Gasteiger partial charge >= 0.3 is 12.3 Å². The summed E-state index contributed by atoms with van der Waals surface area (Å²) in [6, 6.07) is 23.5. The van der Waals surface area contributed by atoms with Crippen molar-refractivity contribution < 1.29 is 27.5 Å². The van der Waals surface area contributed by atoms with Gasteiger partial charge in [0.05, 0.1) is 23.8 Å². The van der Waals surface area contributed by atoms with E-state index in [1.165, 1.54) is 6.20 Å². The molecule has 8 nitrogen and oxygen atoms in total. The van der Waals surface area contributed by atoms with Crippen LogP contribution in [0.5, 0.6) is 11.5 Å². The molecule has 0 fully saturated rings. The largest absolute Gasteiger partial charge is 0.457 e. The summed E-state index contributed by atoms with van der Waals surface area (Å²) in [5.41, 5.74) is 1.88. The van der Waals surface area contributed by atoms with Gasteiger partial charge in [0.25, 0.3) is 0 Å². The normalized spacial score (nSPS) is 10.8. The second kappa shape index (κ2) is 11.4. The van der Waals surface area contributed by atoms with Gasteiger partial charge in [0.1, 0.15) is 17.2 Å². The predicted molar refractivity (Wildman–Crippen MR) is 130 cm³/mol. The number of benzene rings is 3. The second-order valence-corrected chi connectivity index (χ2v) is 7.87. The van der Waals surface area contributed by atoms with Crippen molar-refractivity contribution in [2.24, 2.45) is 0 Å². The van der Waals surface area contributed by atoms with E-state index in [-0.39, 0.29) is 18.1 Å². The van der Waals surface area contributed by atoms with Crippen LogP contribution in [0.15, 0.2) is 91.3 Å². The summed E-state index contributed by atoms with van der Waals surface area (Å²) in [6.07, 6.45) is -0.986. The smallest absolute Gasteiger partial charge is 0.433 e. The van der Waals surface area contributed by atoms with E-state index < -0.39 is 11.9 Å². The molecule has 0 atom stereocenters. The zero-order valence-corrected chi connectivity index (χ0v) is 20.0. The van der Waals surface area contributed by atoms with E-state index in [9.17, 15) is 13.2 Å². The highest BCUT2D eigenvalue weighted by atomic mass is 19.4. The van der Waals surface area contributed by atoms with Crippen molar-refractivity contribution in [3.63, 3.8) is 0 Å². The Morgan fingerprint density at radius 2 is 1.47 bits per heavy atom. The van der Waals surface area contributed by atoms with Gasteiger partial charge in [-0.2, -0.15) is 27.9 Å². The molecule has 3 aromatic carbocycles. The van der Waals surface area contributed by atoms with Crippen LogP contribution < -0.4 is 4.74 Å². The molecule has 0 aliphatic rings. The molecular weight excluding hydrogens is 499 g/mol. The molecule has 0 aliphatic carbocycles. The van der Waals surface area contributed by atoms with Gasteiger partial charge in [0.15, 0.2) is 5.69 Å². The van der Waals surface area contributed by atoms with E-state index in [1.54, 1.807) is 42.1 Å². The first-order valence-electron chi connectivity index (χ1n) is 11.3. The number of carbonyl (C=O) groups excluding carboxylic acids is 2. The maximum absolute atomic E-state index is 13.6. The molecule has 11 heteroatoms. The maximum Gasteiger partial charge on any atom is 0.433 e. The highest BCUT2D eigenvalue weighted by molar-refractivity contribution is 5.59. The molecule has 2 heterocycles. The third-order valence-electron chi connectivity index (χ3n) is 5.48. The molecule has 38 heavy (non-hydrogen) atoms. The van der Waals surface area contributed by atoms with Crippen molar-refractivity contribution in [3.8, 4) is 34.1 Å². The topological polar surface area (TPSA) is 91.9 Å². The van der Waals surface area contributed by atoms with Crippen LogP contribution in [0.3, 0.4) is 0 Å². The Bertz CT molecular complexity index is 1520. The minimum Gasteiger partial charge on any atom is -0.457 e. The molecule has 0 radical (unpaired) electrons. The molecule has 0 spiro atoms. The van der Waals surface area contributed by atoms with Gasteiger partial charge in [0.2, 0.25) is 0 Å². The summed E-state index contributed by atoms with van der Waals surface area (Å²) in [5, 5.41) is 12.3. The predicted octanol–water partition coefficient (Wildman–Crippen LogP) is 5.91. The minimum absolute atomic E-state index is 0.155. The van der Waals surface area contributed by atoms with Crippen LogP contribution in [0.2, 0.25) is 0 Å². The van der Waals surface area contributed by atoms with E-state index in [0.29, 0.717) is 22.8 Å². The van der Waals surface area contributed by atoms with E-state index in [2.05, 4.69) is 15.4 Å². The van der Waals surface area contributed by atoms with Crippen molar-refractivity contribution >= 4 is 6.15 Å². The summed E-state index contributed by atoms with van der Waals surface area (Å²) in [5.74, 6) is 1.45. The van der Waals surface area contributed by atoms with Crippen LogP contribution in [0.25, 0.3) is 22.6 Å². The summed E-state index contributed by atoms with van der Waals surface area (Å²) in [4.78, 5) is 16.2. The number of para-hydroxylation sites is 1. The fourth-order valence-electron chi connectivity index (χ4n) is 3.73. The molecule has 0 N–H and O–H groups in total. The average molecular weight is 519 g/mol. The molecule has 5 aromatic rings. The second-order valence-electron chi connectivity index (χ2n) is 7.87. The van der Waals surface area contributed by atoms with Gasteiger partial charge in [-0.05, 0) is 67.1 Å². The zero-order valence-electron chi connectivity index (χ0n) is 20.0. The van der Waals surface area contributed by atoms with Gasteiger partial charge in [-0.1, -0.05) is 30.3 Å². The number of ether oxygens (including phenoxy) is 1. The molecule has 0 saturated heterocycles.